The molecule has 0 amide bonds. The maximum Gasteiger partial charge on any atom is 0.416 e. The quantitative estimate of drug-likeness (QED) is 0.109. The van der Waals surface area contributed by atoms with Gasteiger partial charge in [-0.2, -0.15) is 13.2 Å². The first-order chi connectivity index (χ1) is 21.7. The first-order valence-electron chi connectivity index (χ1n) is 15.6. The van der Waals surface area contributed by atoms with Crippen LogP contribution in [0.3, 0.4) is 0 Å². The second-order valence-electron chi connectivity index (χ2n) is 11.0. The average Bonchev–Trinajstić information content (AvgIpc) is 3.04. The molecule has 8 heteroatoms. The predicted molar refractivity (Wildman–Crippen MR) is 173 cm³/mol. The van der Waals surface area contributed by atoms with Crippen LogP contribution in [0.5, 0.6) is 11.5 Å². The van der Waals surface area contributed by atoms with E-state index in [1.807, 2.05) is 67.3 Å². The fraction of sp³-hybridized carbons (Fsp3) is 0.324. The number of alkyl halides is 3. The van der Waals surface area contributed by atoms with Crippen LogP contribution in [0.25, 0.3) is 0 Å². The van der Waals surface area contributed by atoms with Gasteiger partial charge in [0.1, 0.15) is 11.5 Å². The number of esters is 1. The normalized spacial score (nSPS) is 13.8. The molecule has 0 N–H and O–H groups in total. The van der Waals surface area contributed by atoms with E-state index in [1.165, 1.54) is 12.1 Å². The molecule has 0 radical (unpaired) electrons. The first kappa shape index (κ1) is 31.9. The highest BCUT2D eigenvalue weighted by molar-refractivity contribution is 5.92. The summed E-state index contributed by atoms with van der Waals surface area (Å²) in [7, 11) is 0. The molecule has 5 rings (SSSR count). The summed E-state index contributed by atoms with van der Waals surface area (Å²) in [5.74, 6) is 0.555. The van der Waals surface area contributed by atoms with E-state index < -0.39 is 11.7 Å². The molecule has 0 spiro atoms. The van der Waals surface area contributed by atoms with E-state index in [-0.39, 0.29) is 11.9 Å². The number of benzene rings is 4. The van der Waals surface area contributed by atoms with Gasteiger partial charge in [-0.1, -0.05) is 43.7 Å². The van der Waals surface area contributed by atoms with E-state index in [4.69, 9.17) is 9.47 Å². The van der Waals surface area contributed by atoms with Crippen molar-refractivity contribution in [2.75, 3.05) is 36.0 Å². The summed E-state index contributed by atoms with van der Waals surface area (Å²) in [6.45, 7) is 10.6. The molecule has 236 valence electrons. The summed E-state index contributed by atoms with van der Waals surface area (Å²) in [4.78, 5) is 17.5. The number of unbranched alkanes of at least 4 members (excludes halogenated alkanes) is 1. The molecule has 1 aliphatic heterocycles. The van der Waals surface area contributed by atoms with E-state index in [1.54, 1.807) is 12.1 Å². The minimum Gasteiger partial charge on any atom is -0.462 e. The second kappa shape index (κ2) is 13.7. The van der Waals surface area contributed by atoms with Crippen LogP contribution in [-0.4, -0.2) is 32.2 Å². The predicted octanol–water partition coefficient (Wildman–Crippen LogP) is 9.95. The highest BCUT2D eigenvalue weighted by atomic mass is 19.4. The monoisotopic (exact) mass is 616 g/mol. The number of hydrogen-bond donors (Lipinski definition) is 0. The number of rotatable bonds is 11. The molecular formula is C37H39F3N2O3. The molecule has 0 aromatic heterocycles. The van der Waals surface area contributed by atoms with Gasteiger partial charge in [0, 0.05) is 59.8 Å². The SMILES string of the molecule is CCCCOC(=O)c1ccccc1C1c2ccc(N(CC)CC)cc2Oc2ccc(N(CC)c3cccc(C(F)(F)F)c3)cc21. The Morgan fingerprint density at radius 3 is 2.20 bits per heavy atom. The smallest absolute Gasteiger partial charge is 0.416 e. The number of fused-ring (bicyclic) bond motifs is 2. The Morgan fingerprint density at radius 2 is 1.49 bits per heavy atom. The Kier molecular flexibility index (Phi) is 9.71. The van der Waals surface area contributed by atoms with Crippen molar-refractivity contribution in [3.63, 3.8) is 0 Å². The van der Waals surface area contributed by atoms with Gasteiger partial charge in [0.25, 0.3) is 0 Å². The Morgan fingerprint density at radius 1 is 0.756 bits per heavy atom. The van der Waals surface area contributed by atoms with Gasteiger partial charge in [-0.05, 0) is 81.3 Å². The lowest BCUT2D eigenvalue weighted by Gasteiger charge is -2.33. The van der Waals surface area contributed by atoms with Crippen molar-refractivity contribution in [2.45, 2.75) is 52.6 Å². The molecule has 45 heavy (non-hydrogen) atoms. The molecule has 0 fully saturated rings. The van der Waals surface area contributed by atoms with E-state index in [0.717, 1.165) is 60.1 Å². The van der Waals surface area contributed by atoms with Crippen molar-refractivity contribution in [3.05, 3.63) is 113 Å². The maximum absolute atomic E-state index is 13.6. The molecule has 0 saturated carbocycles. The van der Waals surface area contributed by atoms with Crippen LogP contribution >= 0.6 is 0 Å². The molecule has 4 aromatic rings. The van der Waals surface area contributed by atoms with Crippen molar-refractivity contribution in [1.82, 2.24) is 0 Å². The standard InChI is InChI=1S/C37H39F3N2O3/c1-5-9-21-44-36(43)30-16-11-10-15-29(30)35-31-19-17-26(41(6-2)7-3)24-34(31)45-33-20-18-28(23-32(33)35)42(8-4)27-14-12-13-25(22-27)37(38,39)40/h10-20,22-24,35H,5-9,21H2,1-4H3. The second-order valence-corrected chi connectivity index (χ2v) is 11.0. The topological polar surface area (TPSA) is 42.0 Å². The minimum absolute atomic E-state index is 0.338. The van der Waals surface area contributed by atoms with E-state index in [9.17, 15) is 18.0 Å². The molecule has 0 aliphatic carbocycles. The molecular weight excluding hydrogens is 577 g/mol. The zero-order valence-electron chi connectivity index (χ0n) is 26.2. The summed E-state index contributed by atoms with van der Waals surface area (Å²) >= 11 is 0. The lowest BCUT2D eigenvalue weighted by molar-refractivity contribution is -0.137. The van der Waals surface area contributed by atoms with Gasteiger partial charge in [-0.15, -0.1) is 0 Å². The van der Waals surface area contributed by atoms with Gasteiger partial charge < -0.3 is 19.3 Å². The Balaban J connectivity index is 1.66. The number of carbonyl (C=O) groups is 1. The van der Waals surface area contributed by atoms with Gasteiger partial charge >= 0.3 is 12.1 Å². The summed E-state index contributed by atoms with van der Waals surface area (Å²) in [5.41, 5.74) is 4.44. The summed E-state index contributed by atoms with van der Waals surface area (Å²) in [6, 6.07) is 24.7. The Hall–Kier alpha value is -4.46. The van der Waals surface area contributed by atoms with E-state index in [0.29, 0.717) is 35.9 Å². The number of ether oxygens (including phenoxy) is 2. The number of nitrogens with zero attached hydrogens (tertiary/aromatic N) is 2. The van der Waals surface area contributed by atoms with Crippen LogP contribution in [0.15, 0.2) is 84.9 Å². The van der Waals surface area contributed by atoms with Crippen molar-refractivity contribution in [1.29, 1.82) is 0 Å². The van der Waals surface area contributed by atoms with Crippen molar-refractivity contribution >= 4 is 23.0 Å². The minimum atomic E-state index is -4.45. The lowest BCUT2D eigenvalue weighted by Crippen LogP contribution is -2.22. The number of halogens is 3. The van der Waals surface area contributed by atoms with Gasteiger partial charge in [-0.3, -0.25) is 0 Å². The molecule has 4 aromatic carbocycles. The zero-order chi connectivity index (χ0) is 32.1. The third-order valence-corrected chi connectivity index (χ3v) is 8.30. The van der Waals surface area contributed by atoms with Crippen LogP contribution in [0.1, 0.15) is 79.1 Å². The van der Waals surface area contributed by atoms with E-state index in [2.05, 4.69) is 24.8 Å². The Bertz CT molecular complexity index is 1650. The van der Waals surface area contributed by atoms with Gasteiger partial charge in [0.05, 0.1) is 17.7 Å². The van der Waals surface area contributed by atoms with Crippen LogP contribution < -0.4 is 14.5 Å². The largest absolute Gasteiger partial charge is 0.462 e. The van der Waals surface area contributed by atoms with Crippen LogP contribution in [0, 0.1) is 0 Å². The van der Waals surface area contributed by atoms with Gasteiger partial charge in [0.15, 0.2) is 0 Å². The Labute approximate surface area is 263 Å². The summed E-state index contributed by atoms with van der Waals surface area (Å²) in [6.07, 6.45) is -2.77. The molecule has 0 saturated heterocycles. The molecule has 1 atom stereocenters. The van der Waals surface area contributed by atoms with Gasteiger partial charge in [0.2, 0.25) is 0 Å². The van der Waals surface area contributed by atoms with E-state index >= 15 is 0 Å². The molecule has 0 bridgehead atoms. The number of anilines is 3. The zero-order valence-corrected chi connectivity index (χ0v) is 26.2. The first-order valence-corrected chi connectivity index (χ1v) is 15.6. The fourth-order valence-corrected chi connectivity index (χ4v) is 5.96. The highest BCUT2D eigenvalue weighted by Gasteiger charge is 2.34. The van der Waals surface area contributed by atoms with Crippen molar-refractivity contribution in [2.24, 2.45) is 0 Å². The van der Waals surface area contributed by atoms with Crippen molar-refractivity contribution < 1.29 is 27.4 Å². The molecule has 5 nitrogen and oxygen atoms in total. The third-order valence-electron chi connectivity index (χ3n) is 8.30. The maximum atomic E-state index is 13.6. The van der Waals surface area contributed by atoms with Gasteiger partial charge in [-0.25, -0.2) is 4.79 Å². The van der Waals surface area contributed by atoms with Crippen LogP contribution in [0.4, 0.5) is 30.2 Å². The molecule has 1 unspecified atom stereocenters. The number of carbonyl (C=O) groups excluding carboxylic acids is 1. The van der Waals surface area contributed by atoms with Crippen LogP contribution in [0.2, 0.25) is 0 Å². The summed E-state index contributed by atoms with van der Waals surface area (Å²) in [5, 5.41) is 0. The highest BCUT2D eigenvalue weighted by Crippen LogP contribution is 2.50. The lowest BCUT2D eigenvalue weighted by atomic mass is 9.80. The molecule has 1 aliphatic rings. The van der Waals surface area contributed by atoms with Crippen LogP contribution in [-0.2, 0) is 10.9 Å². The van der Waals surface area contributed by atoms with Crippen molar-refractivity contribution in [3.8, 4) is 11.5 Å². The summed E-state index contributed by atoms with van der Waals surface area (Å²) < 4.78 is 52.9. The number of hydrogen-bond acceptors (Lipinski definition) is 5. The third kappa shape index (κ3) is 6.65. The molecule has 1 heterocycles. The average molecular weight is 617 g/mol. The fourth-order valence-electron chi connectivity index (χ4n) is 5.96.